The lowest BCUT2D eigenvalue weighted by Gasteiger charge is -2.40. The summed E-state index contributed by atoms with van der Waals surface area (Å²) >= 11 is 0. The summed E-state index contributed by atoms with van der Waals surface area (Å²) in [6.45, 7) is 10.5. The van der Waals surface area contributed by atoms with Crippen LogP contribution in [0.4, 0.5) is 10.6 Å². The molecule has 0 spiro atoms. The van der Waals surface area contributed by atoms with Crippen LogP contribution < -0.4 is 14.8 Å². The zero-order chi connectivity index (χ0) is 25.3. The lowest BCUT2D eigenvalue weighted by Crippen LogP contribution is -2.53. The number of nitrogens with zero attached hydrogens (tertiary/aromatic N) is 2. The molecule has 4 rings (SSSR count). The monoisotopic (exact) mass is 481 g/mol. The lowest BCUT2D eigenvalue weighted by molar-refractivity contribution is -0.117. The Kier molecular flexibility index (Phi) is 6.92. The minimum absolute atomic E-state index is 0.0232. The van der Waals surface area contributed by atoms with E-state index >= 15 is 0 Å². The molecule has 2 heterocycles. The molecule has 1 fully saturated rings. The maximum Gasteiger partial charge on any atom is 0.408 e. The van der Waals surface area contributed by atoms with Crippen molar-refractivity contribution in [1.82, 2.24) is 9.88 Å². The number of amides is 2. The van der Waals surface area contributed by atoms with Crippen molar-refractivity contribution in [3.63, 3.8) is 0 Å². The largest absolute Gasteiger partial charge is 0.491 e. The van der Waals surface area contributed by atoms with Crippen LogP contribution in [0.15, 0.2) is 30.5 Å². The maximum absolute atomic E-state index is 12.1. The highest BCUT2D eigenvalue weighted by atomic mass is 16.5. The first-order valence-corrected chi connectivity index (χ1v) is 12.2. The fraction of sp³-hybridized carbons (Fsp3) is 0.519. The van der Waals surface area contributed by atoms with Crippen molar-refractivity contribution in [2.75, 3.05) is 11.9 Å². The summed E-state index contributed by atoms with van der Waals surface area (Å²) in [4.78, 5) is 30.0. The van der Waals surface area contributed by atoms with Crippen molar-refractivity contribution in [2.45, 2.75) is 72.1 Å². The van der Waals surface area contributed by atoms with Crippen LogP contribution in [0.3, 0.4) is 0 Å². The molecule has 2 aromatic rings. The Morgan fingerprint density at radius 3 is 2.60 bits per heavy atom. The Bertz CT molecular complexity index is 1100. The number of ether oxygens (including phenoxy) is 2. The second-order valence-corrected chi connectivity index (χ2v) is 10.9. The molecule has 0 radical (unpaired) electrons. The van der Waals surface area contributed by atoms with Gasteiger partial charge in [-0.05, 0) is 69.7 Å². The van der Waals surface area contributed by atoms with E-state index in [1.54, 1.807) is 6.20 Å². The zero-order valence-corrected chi connectivity index (χ0v) is 21.1. The molecule has 2 aliphatic rings. The fourth-order valence-electron chi connectivity index (χ4n) is 4.56. The summed E-state index contributed by atoms with van der Waals surface area (Å²) in [5.41, 5.74) is 2.29. The Morgan fingerprint density at radius 1 is 1.23 bits per heavy atom. The normalized spacial score (nSPS) is 15.5. The summed E-state index contributed by atoms with van der Waals surface area (Å²) in [7, 11) is 0. The minimum atomic E-state index is -0.949. The number of benzene rings is 1. The van der Waals surface area contributed by atoms with Crippen LogP contribution in [0.5, 0.6) is 11.5 Å². The van der Waals surface area contributed by atoms with Crippen molar-refractivity contribution >= 4 is 17.8 Å². The average molecular weight is 482 g/mol. The van der Waals surface area contributed by atoms with Gasteiger partial charge >= 0.3 is 6.09 Å². The van der Waals surface area contributed by atoms with Gasteiger partial charge in [-0.1, -0.05) is 13.8 Å². The van der Waals surface area contributed by atoms with Gasteiger partial charge in [-0.25, -0.2) is 9.78 Å². The Hall–Kier alpha value is -3.29. The molecule has 1 atom stereocenters. The summed E-state index contributed by atoms with van der Waals surface area (Å²) in [6.07, 6.45) is 3.37. The van der Waals surface area contributed by atoms with E-state index < -0.39 is 11.6 Å². The number of hydrogen-bond acceptors (Lipinski definition) is 5. The van der Waals surface area contributed by atoms with Gasteiger partial charge in [-0.15, -0.1) is 0 Å². The van der Waals surface area contributed by atoms with Gasteiger partial charge in [0.25, 0.3) is 0 Å². The second kappa shape index (κ2) is 9.76. The molecule has 2 amide bonds. The molecule has 1 aromatic carbocycles. The van der Waals surface area contributed by atoms with E-state index in [4.69, 9.17) is 9.47 Å². The van der Waals surface area contributed by atoms with Crippen LogP contribution in [0, 0.1) is 11.8 Å². The number of carbonyl (C=O) groups is 2. The SMILES string of the molecule is CC(C)C[C@@H](COc1ccc2c(c1)OCc1cnc(NC(=O)C3CC3)cc1-2)N(C(=O)O)C(C)(C)C. The summed E-state index contributed by atoms with van der Waals surface area (Å²) in [5.74, 6) is 2.30. The van der Waals surface area contributed by atoms with Crippen molar-refractivity contribution in [1.29, 1.82) is 0 Å². The molecule has 1 saturated carbocycles. The number of fused-ring (bicyclic) bond motifs is 3. The molecule has 0 saturated heterocycles. The molecule has 35 heavy (non-hydrogen) atoms. The topological polar surface area (TPSA) is 101 Å². The van der Waals surface area contributed by atoms with E-state index in [1.165, 1.54) is 4.90 Å². The highest BCUT2D eigenvalue weighted by molar-refractivity contribution is 5.94. The number of carboxylic acid groups (broad SMARTS) is 1. The van der Waals surface area contributed by atoms with Crippen molar-refractivity contribution in [3.05, 3.63) is 36.0 Å². The molecule has 0 bridgehead atoms. The number of aromatic nitrogens is 1. The number of pyridine rings is 1. The van der Waals surface area contributed by atoms with Gasteiger partial charge in [-0.2, -0.15) is 0 Å². The molecule has 8 nitrogen and oxygen atoms in total. The van der Waals surface area contributed by atoms with Gasteiger partial charge in [0, 0.05) is 34.8 Å². The van der Waals surface area contributed by atoms with Gasteiger partial charge < -0.3 is 19.9 Å². The number of hydrogen-bond donors (Lipinski definition) is 2. The first kappa shape index (κ1) is 24.8. The Labute approximate surface area is 206 Å². The number of carbonyl (C=O) groups excluding carboxylic acids is 1. The minimum Gasteiger partial charge on any atom is -0.491 e. The summed E-state index contributed by atoms with van der Waals surface area (Å²) < 4.78 is 12.1. The molecule has 8 heteroatoms. The van der Waals surface area contributed by atoms with Crippen LogP contribution >= 0.6 is 0 Å². The first-order valence-electron chi connectivity index (χ1n) is 12.2. The van der Waals surface area contributed by atoms with E-state index in [0.717, 1.165) is 29.5 Å². The summed E-state index contributed by atoms with van der Waals surface area (Å²) in [6, 6.07) is 7.26. The van der Waals surface area contributed by atoms with Crippen LogP contribution in [0.2, 0.25) is 0 Å². The smallest absolute Gasteiger partial charge is 0.408 e. The molecule has 1 aliphatic carbocycles. The number of rotatable bonds is 8. The van der Waals surface area contributed by atoms with Crippen molar-refractivity contribution in [3.8, 4) is 22.6 Å². The number of anilines is 1. The first-order chi connectivity index (χ1) is 16.5. The van der Waals surface area contributed by atoms with E-state index in [1.807, 2.05) is 45.0 Å². The third-order valence-corrected chi connectivity index (χ3v) is 6.29. The van der Waals surface area contributed by atoms with E-state index in [9.17, 15) is 14.7 Å². The van der Waals surface area contributed by atoms with Crippen LogP contribution in [-0.4, -0.2) is 45.2 Å². The molecule has 2 N–H and O–H groups in total. The predicted octanol–water partition coefficient (Wildman–Crippen LogP) is 5.56. The van der Waals surface area contributed by atoms with Crippen LogP contribution in [0.1, 0.15) is 59.4 Å². The van der Waals surface area contributed by atoms with E-state index in [2.05, 4.69) is 24.1 Å². The molecule has 188 valence electrons. The molecule has 1 aromatic heterocycles. The summed E-state index contributed by atoms with van der Waals surface area (Å²) in [5, 5.41) is 12.8. The van der Waals surface area contributed by atoms with Gasteiger partial charge in [0.05, 0.1) is 6.04 Å². The fourth-order valence-corrected chi connectivity index (χ4v) is 4.56. The standard InChI is InChI=1S/C27H35N3O5/c1-16(2)10-19(30(26(32)33)27(3,4)5)15-34-20-8-9-21-22-12-24(29-25(31)17-6-7-17)28-13-18(22)14-35-23(21)11-20/h8-9,11-13,16-17,19H,6-7,10,14-15H2,1-5H3,(H,32,33)(H,28,29,31)/t19-/m0/s1. The quantitative estimate of drug-likeness (QED) is 0.512. The molecule has 1 aliphatic heterocycles. The Morgan fingerprint density at radius 2 is 1.97 bits per heavy atom. The van der Waals surface area contributed by atoms with Gasteiger partial charge in [-0.3, -0.25) is 9.69 Å². The van der Waals surface area contributed by atoms with Crippen molar-refractivity contribution < 1.29 is 24.2 Å². The van der Waals surface area contributed by atoms with Crippen LogP contribution in [0.25, 0.3) is 11.1 Å². The molecule has 0 unspecified atom stereocenters. The highest BCUT2D eigenvalue weighted by Gasteiger charge is 2.34. The zero-order valence-electron chi connectivity index (χ0n) is 21.1. The molecular formula is C27H35N3O5. The van der Waals surface area contributed by atoms with E-state index in [-0.39, 0.29) is 24.5 Å². The maximum atomic E-state index is 12.1. The van der Waals surface area contributed by atoms with Gasteiger partial charge in [0.15, 0.2) is 0 Å². The number of nitrogens with one attached hydrogen (secondary N) is 1. The van der Waals surface area contributed by atoms with Gasteiger partial charge in [0.2, 0.25) is 5.91 Å². The Balaban J connectivity index is 1.52. The molecular weight excluding hydrogens is 446 g/mol. The highest BCUT2D eigenvalue weighted by Crippen LogP contribution is 2.40. The van der Waals surface area contributed by atoms with E-state index in [0.29, 0.717) is 36.3 Å². The predicted molar refractivity (Wildman–Crippen MR) is 134 cm³/mol. The van der Waals surface area contributed by atoms with Crippen molar-refractivity contribution in [2.24, 2.45) is 11.8 Å². The van der Waals surface area contributed by atoms with Crippen LogP contribution in [-0.2, 0) is 11.4 Å². The third-order valence-electron chi connectivity index (χ3n) is 6.29. The average Bonchev–Trinajstić information content (AvgIpc) is 3.61. The third kappa shape index (κ3) is 5.86. The second-order valence-electron chi connectivity index (χ2n) is 10.9. The van der Waals surface area contributed by atoms with Gasteiger partial charge in [0.1, 0.15) is 30.5 Å². The lowest BCUT2D eigenvalue weighted by atomic mass is 9.97.